The fraction of sp³-hybridized carbons (Fsp3) is 0.286. The lowest BCUT2D eigenvalue weighted by atomic mass is 10.1. The number of rotatable bonds is 6. The van der Waals surface area contributed by atoms with E-state index in [2.05, 4.69) is 9.97 Å². The molecular weight excluding hydrogens is 359 g/mol. The Bertz CT molecular complexity index is 984. The summed E-state index contributed by atoms with van der Waals surface area (Å²) < 4.78 is 20.5. The van der Waals surface area contributed by atoms with Crippen LogP contribution >= 0.6 is 0 Å². The maximum Gasteiger partial charge on any atom is 0.274 e. The number of aromatic nitrogens is 3. The largest absolute Gasteiger partial charge is 0.494 e. The molecule has 1 amide bonds. The van der Waals surface area contributed by atoms with Gasteiger partial charge in [-0.2, -0.15) is 0 Å². The molecule has 0 saturated carbocycles. The van der Waals surface area contributed by atoms with E-state index < -0.39 is 5.82 Å². The molecule has 0 atom stereocenters. The van der Waals surface area contributed by atoms with Gasteiger partial charge in [0.1, 0.15) is 5.69 Å². The van der Waals surface area contributed by atoms with Gasteiger partial charge in [0.25, 0.3) is 5.91 Å². The van der Waals surface area contributed by atoms with Crippen LogP contribution in [-0.4, -0.2) is 38.5 Å². The summed E-state index contributed by atoms with van der Waals surface area (Å²) in [7, 11) is 3.26. The SMILES string of the molecule is COc1cc(-c2cc(CN(C(=O)c3cn(C)cn3)C(C)C)ccn2)ccc1F. The third-order valence-corrected chi connectivity index (χ3v) is 4.43. The van der Waals surface area contributed by atoms with E-state index in [-0.39, 0.29) is 17.7 Å². The molecule has 146 valence electrons. The summed E-state index contributed by atoms with van der Waals surface area (Å²) in [5.41, 5.74) is 2.76. The molecule has 0 fully saturated rings. The number of hydrogen-bond acceptors (Lipinski definition) is 4. The third-order valence-electron chi connectivity index (χ3n) is 4.43. The van der Waals surface area contributed by atoms with Crippen LogP contribution in [0.5, 0.6) is 5.75 Å². The first-order valence-electron chi connectivity index (χ1n) is 8.97. The molecule has 3 aromatic rings. The summed E-state index contributed by atoms with van der Waals surface area (Å²) in [6.07, 6.45) is 5.00. The Hall–Kier alpha value is -3.22. The molecule has 28 heavy (non-hydrogen) atoms. The first-order chi connectivity index (χ1) is 13.4. The predicted molar refractivity (Wildman–Crippen MR) is 104 cm³/mol. The summed E-state index contributed by atoms with van der Waals surface area (Å²) in [6, 6.07) is 8.38. The van der Waals surface area contributed by atoms with Crippen molar-refractivity contribution in [3.63, 3.8) is 0 Å². The number of methoxy groups -OCH3 is 1. The molecule has 0 N–H and O–H groups in total. The number of carbonyl (C=O) groups excluding carboxylic acids is 1. The first kappa shape index (κ1) is 19.5. The molecule has 0 aliphatic carbocycles. The summed E-state index contributed by atoms with van der Waals surface area (Å²) >= 11 is 0. The van der Waals surface area contributed by atoms with Gasteiger partial charge in [-0.15, -0.1) is 0 Å². The van der Waals surface area contributed by atoms with Crippen LogP contribution in [0.1, 0.15) is 29.9 Å². The summed E-state index contributed by atoms with van der Waals surface area (Å²) in [6.45, 7) is 4.35. The lowest BCUT2D eigenvalue weighted by molar-refractivity contribution is 0.0684. The molecule has 2 aromatic heterocycles. The zero-order chi connectivity index (χ0) is 20.3. The summed E-state index contributed by atoms with van der Waals surface area (Å²) in [5, 5.41) is 0. The van der Waals surface area contributed by atoms with Crippen molar-refractivity contribution >= 4 is 5.91 Å². The number of hydrogen-bond donors (Lipinski definition) is 0. The maximum atomic E-state index is 13.7. The van der Waals surface area contributed by atoms with E-state index in [1.54, 1.807) is 40.3 Å². The minimum absolute atomic E-state index is 0.00274. The Morgan fingerprint density at radius 3 is 2.68 bits per heavy atom. The van der Waals surface area contributed by atoms with Gasteiger partial charge in [0.05, 0.1) is 19.1 Å². The normalized spacial score (nSPS) is 10.9. The van der Waals surface area contributed by atoms with E-state index in [1.165, 1.54) is 13.2 Å². The fourth-order valence-electron chi connectivity index (χ4n) is 2.91. The van der Waals surface area contributed by atoms with Gasteiger partial charge in [-0.3, -0.25) is 9.78 Å². The van der Waals surface area contributed by atoms with Crippen LogP contribution in [0.3, 0.4) is 0 Å². The van der Waals surface area contributed by atoms with Crippen LogP contribution in [0, 0.1) is 5.82 Å². The molecule has 3 rings (SSSR count). The Kier molecular flexibility index (Phi) is 5.73. The van der Waals surface area contributed by atoms with Gasteiger partial charge in [-0.05, 0) is 49.7 Å². The number of imidazole rings is 1. The highest BCUT2D eigenvalue weighted by Gasteiger charge is 2.21. The number of aryl methyl sites for hydroxylation is 1. The molecule has 2 heterocycles. The van der Waals surface area contributed by atoms with Crippen molar-refractivity contribution in [1.29, 1.82) is 0 Å². The van der Waals surface area contributed by atoms with Crippen molar-refractivity contribution in [3.8, 4) is 17.0 Å². The Balaban J connectivity index is 1.87. The van der Waals surface area contributed by atoms with E-state index in [1.807, 2.05) is 33.0 Å². The Labute approximate surface area is 163 Å². The number of ether oxygens (including phenoxy) is 1. The van der Waals surface area contributed by atoms with Crippen LogP contribution < -0.4 is 4.74 Å². The number of nitrogens with zero attached hydrogens (tertiary/aromatic N) is 4. The average molecular weight is 382 g/mol. The smallest absolute Gasteiger partial charge is 0.274 e. The maximum absolute atomic E-state index is 13.7. The van der Waals surface area contributed by atoms with Crippen molar-refractivity contribution in [2.45, 2.75) is 26.4 Å². The van der Waals surface area contributed by atoms with E-state index >= 15 is 0 Å². The van der Waals surface area contributed by atoms with Gasteiger partial charge < -0.3 is 14.2 Å². The number of halogens is 1. The summed E-state index contributed by atoms with van der Waals surface area (Å²) in [4.78, 5) is 23.2. The number of benzene rings is 1. The van der Waals surface area contributed by atoms with Gasteiger partial charge >= 0.3 is 0 Å². The van der Waals surface area contributed by atoms with Crippen molar-refractivity contribution in [2.24, 2.45) is 7.05 Å². The standard InChI is InChI=1S/C21H23FN4O2/c1-14(2)26(21(27)19-12-25(3)13-24-19)11-15-7-8-23-18(9-15)16-5-6-17(22)20(10-16)28-4/h5-10,12-14H,11H2,1-4H3. The van der Waals surface area contributed by atoms with E-state index in [4.69, 9.17) is 4.74 Å². The molecule has 0 saturated heterocycles. The van der Waals surface area contributed by atoms with E-state index in [0.717, 1.165) is 11.1 Å². The minimum atomic E-state index is -0.422. The second-order valence-electron chi connectivity index (χ2n) is 6.85. The van der Waals surface area contributed by atoms with Crippen molar-refractivity contribution < 1.29 is 13.9 Å². The van der Waals surface area contributed by atoms with Crippen LogP contribution in [0.4, 0.5) is 4.39 Å². The molecule has 1 aromatic carbocycles. The zero-order valence-electron chi connectivity index (χ0n) is 16.4. The highest BCUT2D eigenvalue weighted by Crippen LogP contribution is 2.26. The number of carbonyl (C=O) groups is 1. The molecule has 0 bridgehead atoms. The lowest BCUT2D eigenvalue weighted by Crippen LogP contribution is -2.36. The molecule has 0 unspecified atom stereocenters. The van der Waals surface area contributed by atoms with Crippen LogP contribution in [0.25, 0.3) is 11.3 Å². The second-order valence-corrected chi connectivity index (χ2v) is 6.85. The minimum Gasteiger partial charge on any atom is -0.494 e. The van der Waals surface area contributed by atoms with Crippen LogP contribution in [0.2, 0.25) is 0 Å². The second kappa shape index (κ2) is 8.21. The van der Waals surface area contributed by atoms with Crippen LogP contribution in [-0.2, 0) is 13.6 Å². The quantitative estimate of drug-likeness (QED) is 0.653. The molecule has 0 spiro atoms. The van der Waals surface area contributed by atoms with Crippen LogP contribution in [0.15, 0.2) is 49.1 Å². The first-order valence-corrected chi connectivity index (χ1v) is 8.97. The van der Waals surface area contributed by atoms with Gasteiger partial charge in [0.15, 0.2) is 11.6 Å². The van der Waals surface area contributed by atoms with Crippen molar-refractivity contribution in [3.05, 3.63) is 66.1 Å². The Morgan fingerprint density at radius 1 is 1.25 bits per heavy atom. The van der Waals surface area contributed by atoms with Gasteiger partial charge in [0.2, 0.25) is 0 Å². The Morgan fingerprint density at radius 2 is 2.04 bits per heavy atom. The van der Waals surface area contributed by atoms with E-state index in [0.29, 0.717) is 17.9 Å². The molecule has 6 nitrogen and oxygen atoms in total. The van der Waals surface area contributed by atoms with Gasteiger partial charge in [0, 0.05) is 37.6 Å². The average Bonchev–Trinajstić information content (AvgIpc) is 3.12. The highest BCUT2D eigenvalue weighted by atomic mass is 19.1. The zero-order valence-corrected chi connectivity index (χ0v) is 16.4. The molecule has 0 radical (unpaired) electrons. The van der Waals surface area contributed by atoms with Crippen molar-refractivity contribution in [2.75, 3.05) is 7.11 Å². The molecule has 0 aliphatic rings. The summed E-state index contributed by atoms with van der Waals surface area (Å²) in [5.74, 6) is -0.384. The lowest BCUT2D eigenvalue weighted by Gasteiger charge is -2.26. The fourth-order valence-corrected chi connectivity index (χ4v) is 2.91. The number of amides is 1. The molecular formula is C21H23FN4O2. The van der Waals surface area contributed by atoms with Crippen molar-refractivity contribution in [1.82, 2.24) is 19.4 Å². The van der Waals surface area contributed by atoms with Gasteiger partial charge in [-0.25, -0.2) is 9.37 Å². The highest BCUT2D eigenvalue weighted by molar-refractivity contribution is 5.92. The number of pyridine rings is 1. The topological polar surface area (TPSA) is 60.2 Å². The predicted octanol–water partition coefficient (Wildman–Crippen LogP) is 3.68. The molecule has 0 aliphatic heterocycles. The monoisotopic (exact) mass is 382 g/mol. The molecule has 7 heteroatoms. The van der Waals surface area contributed by atoms with Gasteiger partial charge in [-0.1, -0.05) is 0 Å². The van der Waals surface area contributed by atoms with E-state index in [9.17, 15) is 9.18 Å². The third kappa shape index (κ3) is 4.19.